The summed E-state index contributed by atoms with van der Waals surface area (Å²) in [5.74, 6) is -0.220. The average Bonchev–Trinajstić information content (AvgIpc) is 3.16. The van der Waals surface area contributed by atoms with E-state index >= 15 is 0 Å². The van der Waals surface area contributed by atoms with Crippen LogP contribution in [0.4, 0.5) is 5.69 Å². The quantitative estimate of drug-likeness (QED) is 0.875. The zero-order valence-corrected chi connectivity index (χ0v) is 14.8. The number of furan rings is 1. The van der Waals surface area contributed by atoms with E-state index in [1.807, 2.05) is 0 Å². The van der Waals surface area contributed by atoms with Gasteiger partial charge in [-0.3, -0.25) is 9.59 Å². The van der Waals surface area contributed by atoms with Gasteiger partial charge in [0.2, 0.25) is 0 Å². The maximum Gasteiger partial charge on any atom is 0.293 e. The summed E-state index contributed by atoms with van der Waals surface area (Å²) in [5, 5.41) is 6.32. The number of carbonyl (C=O) groups is 2. The van der Waals surface area contributed by atoms with E-state index in [1.165, 1.54) is 11.2 Å². The van der Waals surface area contributed by atoms with Crippen molar-refractivity contribution in [3.8, 4) is 0 Å². The Labute approximate surface area is 153 Å². The van der Waals surface area contributed by atoms with E-state index in [-0.39, 0.29) is 36.0 Å². The molecule has 1 atom stereocenters. The minimum Gasteiger partial charge on any atom is -0.459 e. The van der Waals surface area contributed by atoms with Crippen LogP contribution in [0.2, 0.25) is 0 Å². The molecule has 25 heavy (non-hydrogen) atoms. The smallest absolute Gasteiger partial charge is 0.293 e. The molecule has 2 N–H and O–H groups in total. The molecule has 134 valence electrons. The number of benzene rings is 1. The van der Waals surface area contributed by atoms with Gasteiger partial charge in [0.15, 0.2) is 5.76 Å². The normalized spacial score (nSPS) is 16.6. The van der Waals surface area contributed by atoms with E-state index in [0.29, 0.717) is 11.3 Å². The van der Waals surface area contributed by atoms with Gasteiger partial charge in [0.1, 0.15) is 0 Å². The van der Waals surface area contributed by atoms with Gasteiger partial charge in [-0.2, -0.15) is 0 Å². The van der Waals surface area contributed by atoms with Gasteiger partial charge in [-0.1, -0.05) is 12.1 Å². The minimum atomic E-state index is -0.292. The molecule has 1 aromatic heterocycles. The number of rotatable bonds is 4. The Morgan fingerprint density at radius 1 is 1.24 bits per heavy atom. The molecule has 0 saturated carbocycles. The van der Waals surface area contributed by atoms with Crippen LogP contribution >= 0.6 is 12.4 Å². The fraction of sp³-hybridized carbons (Fsp3) is 0.333. The van der Waals surface area contributed by atoms with E-state index in [4.69, 9.17) is 4.42 Å². The number of piperidine rings is 1. The maximum atomic E-state index is 12.6. The molecular formula is C18H22ClN3O3. The van der Waals surface area contributed by atoms with Gasteiger partial charge >= 0.3 is 0 Å². The van der Waals surface area contributed by atoms with E-state index in [2.05, 4.69) is 10.6 Å². The van der Waals surface area contributed by atoms with Crippen LogP contribution < -0.4 is 15.5 Å². The molecule has 0 bridgehead atoms. The Hall–Kier alpha value is -2.31. The van der Waals surface area contributed by atoms with E-state index in [1.54, 1.807) is 43.4 Å². The molecule has 6 nitrogen and oxygen atoms in total. The Morgan fingerprint density at radius 2 is 2.04 bits per heavy atom. The molecule has 1 saturated heterocycles. The van der Waals surface area contributed by atoms with E-state index < -0.39 is 0 Å². The monoisotopic (exact) mass is 363 g/mol. The van der Waals surface area contributed by atoms with E-state index in [9.17, 15) is 9.59 Å². The first-order chi connectivity index (χ1) is 11.7. The molecule has 0 unspecified atom stereocenters. The minimum absolute atomic E-state index is 0. The third-order valence-electron chi connectivity index (χ3n) is 4.18. The van der Waals surface area contributed by atoms with Gasteiger partial charge in [-0.25, -0.2) is 0 Å². The third-order valence-corrected chi connectivity index (χ3v) is 4.18. The van der Waals surface area contributed by atoms with Gasteiger partial charge in [-0.05, 0) is 43.7 Å². The van der Waals surface area contributed by atoms with Crippen molar-refractivity contribution >= 4 is 29.9 Å². The highest BCUT2D eigenvalue weighted by Gasteiger charge is 2.23. The highest BCUT2D eigenvalue weighted by molar-refractivity contribution is 6.09. The highest BCUT2D eigenvalue weighted by Crippen LogP contribution is 2.21. The van der Waals surface area contributed by atoms with Gasteiger partial charge in [0.05, 0.1) is 17.5 Å². The number of hydrogen-bond acceptors (Lipinski definition) is 4. The Morgan fingerprint density at radius 3 is 2.72 bits per heavy atom. The number of hydrogen-bond donors (Lipinski definition) is 2. The van der Waals surface area contributed by atoms with Crippen LogP contribution in [0.3, 0.4) is 0 Å². The largest absolute Gasteiger partial charge is 0.459 e. The molecule has 0 radical (unpaired) electrons. The number of nitrogens with one attached hydrogen (secondary N) is 2. The van der Waals surface area contributed by atoms with Crippen molar-refractivity contribution in [3.05, 3.63) is 54.0 Å². The SMILES string of the molecule is CN(C(=O)c1ccco1)c1ccccc1C(=O)N[C@H]1CCCNC1.Cl. The number of para-hydroxylation sites is 1. The first-order valence-electron chi connectivity index (χ1n) is 8.09. The fourth-order valence-corrected chi connectivity index (χ4v) is 2.87. The second-order valence-corrected chi connectivity index (χ2v) is 5.88. The van der Waals surface area contributed by atoms with Crippen LogP contribution in [0.5, 0.6) is 0 Å². The lowest BCUT2D eigenvalue weighted by atomic mass is 10.1. The summed E-state index contributed by atoms with van der Waals surface area (Å²) in [6.07, 6.45) is 3.46. The molecule has 1 aliphatic heterocycles. The van der Waals surface area contributed by atoms with E-state index in [0.717, 1.165) is 25.9 Å². The number of carbonyl (C=O) groups excluding carboxylic acids is 2. The molecule has 1 aliphatic rings. The fourth-order valence-electron chi connectivity index (χ4n) is 2.87. The summed E-state index contributed by atoms with van der Waals surface area (Å²) in [4.78, 5) is 26.5. The molecule has 2 heterocycles. The Balaban J connectivity index is 0.00000225. The second kappa shape index (κ2) is 8.69. The van der Waals surface area contributed by atoms with Crippen molar-refractivity contribution < 1.29 is 14.0 Å². The lowest BCUT2D eigenvalue weighted by Gasteiger charge is -2.25. The predicted molar refractivity (Wildman–Crippen MR) is 98.5 cm³/mol. The van der Waals surface area contributed by atoms with Crippen molar-refractivity contribution in [2.75, 3.05) is 25.0 Å². The van der Waals surface area contributed by atoms with Crippen molar-refractivity contribution in [2.45, 2.75) is 18.9 Å². The van der Waals surface area contributed by atoms with Crippen molar-refractivity contribution in [1.82, 2.24) is 10.6 Å². The summed E-state index contributed by atoms with van der Waals surface area (Å²) >= 11 is 0. The highest BCUT2D eigenvalue weighted by atomic mass is 35.5. The molecule has 1 aromatic carbocycles. The lowest BCUT2D eigenvalue weighted by Crippen LogP contribution is -2.46. The van der Waals surface area contributed by atoms with Crippen molar-refractivity contribution in [1.29, 1.82) is 0 Å². The first-order valence-corrected chi connectivity index (χ1v) is 8.09. The maximum absolute atomic E-state index is 12.6. The van der Waals surface area contributed by atoms with Gasteiger partial charge in [-0.15, -0.1) is 12.4 Å². The zero-order valence-electron chi connectivity index (χ0n) is 14.0. The number of nitrogens with zero attached hydrogens (tertiary/aromatic N) is 1. The molecule has 2 amide bonds. The number of halogens is 1. The lowest BCUT2D eigenvalue weighted by molar-refractivity contribution is 0.0931. The van der Waals surface area contributed by atoms with Gasteiger partial charge in [0.25, 0.3) is 11.8 Å². The van der Waals surface area contributed by atoms with Crippen LogP contribution in [0.1, 0.15) is 33.8 Å². The van der Waals surface area contributed by atoms with Crippen LogP contribution in [0.15, 0.2) is 47.1 Å². The molecule has 0 aliphatic carbocycles. The van der Waals surface area contributed by atoms with Crippen molar-refractivity contribution in [2.24, 2.45) is 0 Å². The first kappa shape index (κ1) is 19.0. The molecule has 1 fully saturated rings. The van der Waals surface area contributed by atoms with Crippen LogP contribution in [-0.4, -0.2) is 38.0 Å². The zero-order chi connectivity index (χ0) is 16.9. The average molecular weight is 364 g/mol. The molecular weight excluding hydrogens is 342 g/mol. The van der Waals surface area contributed by atoms with Crippen LogP contribution in [0.25, 0.3) is 0 Å². The second-order valence-electron chi connectivity index (χ2n) is 5.88. The van der Waals surface area contributed by atoms with Crippen LogP contribution in [-0.2, 0) is 0 Å². The van der Waals surface area contributed by atoms with Crippen LogP contribution in [0, 0.1) is 0 Å². The number of anilines is 1. The van der Waals surface area contributed by atoms with Crippen molar-refractivity contribution in [3.63, 3.8) is 0 Å². The summed E-state index contributed by atoms with van der Waals surface area (Å²) in [5.41, 5.74) is 1.03. The summed E-state index contributed by atoms with van der Waals surface area (Å²) < 4.78 is 5.16. The summed E-state index contributed by atoms with van der Waals surface area (Å²) in [6.45, 7) is 1.76. The Kier molecular flexibility index (Phi) is 6.61. The molecule has 0 spiro atoms. The molecule has 2 aromatic rings. The topological polar surface area (TPSA) is 74.6 Å². The van der Waals surface area contributed by atoms with Gasteiger partial charge < -0.3 is 20.0 Å². The third kappa shape index (κ3) is 4.41. The summed E-state index contributed by atoms with van der Waals surface area (Å²) in [6, 6.07) is 10.5. The number of amides is 2. The Bertz CT molecular complexity index is 712. The predicted octanol–water partition coefficient (Wildman–Crippen LogP) is 2.46. The van der Waals surface area contributed by atoms with Gasteiger partial charge in [0, 0.05) is 19.6 Å². The summed E-state index contributed by atoms with van der Waals surface area (Å²) in [7, 11) is 1.64. The molecule has 3 rings (SSSR count). The standard InChI is InChI=1S/C18H21N3O3.ClH/c1-21(18(23)16-9-5-11-24-16)15-8-3-2-7-14(15)17(22)20-13-6-4-10-19-12-13;/h2-3,5,7-9,11,13,19H,4,6,10,12H2,1H3,(H,20,22);1H/t13-;/m0./s1. The molecule has 7 heteroatoms.